The molecule has 2 aromatic rings. The summed E-state index contributed by atoms with van der Waals surface area (Å²) in [5.74, 6) is 9.90. The molecule has 0 radical (unpaired) electrons. The number of amides is 1. The summed E-state index contributed by atoms with van der Waals surface area (Å²) in [6, 6.07) is 2.81. The summed E-state index contributed by atoms with van der Waals surface area (Å²) in [5.41, 5.74) is 7.19. The number of carbonyl (C=O) groups excluding carboxylic acids is 2. The maximum Gasteiger partial charge on any atom is 0.355 e. The normalized spacial score (nSPS) is 9.42. The van der Waals surface area contributed by atoms with Crippen LogP contribution in [0.3, 0.4) is 0 Å². The van der Waals surface area contributed by atoms with Crippen molar-refractivity contribution in [2.75, 3.05) is 18.3 Å². The molecule has 2 rings (SSSR count). The molecule has 0 spiro atoms. The van der Waals surface area contributed by atoms with E-state index in [2.05, 4.69) is 9.69 Å². The maximum atomic E-state index is 11.3. The van der Waals surface area contributed by atoms with E-state index in [0.717, 1.165) is 4.68 Å². The van der Waals surface area contributed by atoms with Gasteiger partial charge in [-0.05, 0) is 32.9 Å². The number of hydrogen-bond acceptors (Lipinski definition) is 5. The third kappa shape index (κ3) is 3.94. The van der Waals surface area contributed by atoms with Crippen LogP contribution >= 0.6 is 0 Å². The van der Waals surface area contributed by atoms with Gasteiger partial charge >= 0.3 is 5.97 Å². The predicted octanol–water partition coefficient (Wildman–Crippen LogP) is 1.40. The van der Waals surface area contributed by atoms with Gasteiger partial charge < -0.3 is 22.2 Å². The van der Waals surface area contributed by atoms with E-state index in [-0.39, 0.29) is 18.0 Å². The first-order valence-electron chi connectivity index (χ1n) is 7.36. The quantitative estimate of drug-likeness (QED) is 0.433. The molecule has 0 unspecified atom stereocenters. The molecule has 0 atom stereocenters. The summed E-state index contributed by atoms with van der Waals surface area (Å²) in [7, 11) is 0. The zero-order valence-electron chi connectivity index (χ0n) is 14.6. The molecule has 1 amide bonds. The monoisotopic (exact) mass is 357 g/mol. The zero-order valence-corrected chi connectivity index (χ0v) is 14.6. The number of carbonyl (C=O) groups is 2. The number of nitrogens with two attached hydrogens (primary N) is 3. The lowest BCUT2D eigenvalue weighted by atomic mass is 10.4. The van der Waals surface area contributed by atoms with Crippen LogP contribution in [0.25, 0.3) is 9.69 Å². The van der Waals surface area contributed by atoms with Gasteiger partial charge in [0.2, 0.25) is 11.4 Å². The minimum atomic E-state index is -0.629. The Bertz CT molecular complexity index is 925. The molecule has 0 fully saturated rings. The molecule has 2 heterocycles. The summed E-state index contributed by atoms with van der Waals surface area (Å²) in [6.45, 7) is 18.9. The van der Waals surface area contributed by atoms with Crippen molar-refractivity contribution in [3.05, 3.63) is 57.7 Å². The highest BCUT2D eigenvalue weighted by Gasteiger charge is 2.16. The third-order valence-corrected chi connectivity index (χ3v) is 3.51. The Hall–Kier alpha value is -3.92. The van der Waals surface area contributed by atoms with Crippen molar-refractivity contribution in [1.82, 2.24) is 9.35 Å². The lowest BCUT2D eigenvalue weighted by Gasteiger charge is -2.04. The van der Waals surface area contributed by atoms with Gasteiger partial charge in [-0.2, -0.15) is 0 Å². The van der Waals surface area contributed by atoms with E-state index in [9.17, 15) is 9.59 Å². The first-order chi connectivity index (χ1) is 12.2. The van der Waals surface area contributed by atoms with E-state index >= 15 is 0 Å². The first-order valence-corrected chi connectivity index (χ1v) is 7.36. The summed E-state index contributed by atoms with van der Waals surface area (Å²) < 4.78 is 7.07. The number of hydrogen-bond donors (Lipinski definition) is 3. The molecule has 0 aliphatic rings. The van der Waals surface area contributed by atoms with Crippen molar-refractivity contribution in [3.63, 3.8) is 0 Å². The van der Waals surface area contributed by atoms with Crippen LogP contribution in [-0.2, 0) is 4.74 Å². The van der Waals surface area contributed by atoms with E-state index in [4.69, 9.17) is 35.3 Å². The minimum Gasteiger partial charge on any atom is -0.461 e. The second-order valence-electron chi connectivity index (χ2n) is 5.05. The lowest BCUT2D eigenvalue weighted by Crippen LogP contribution is -2.22. The summed E-state index contributed by atoms with van der Waals surface area (Å²) in [5, 5.41) is 0. The van der Waals surface area contributed by atoms with Crippen LogP contribution in [0.1, 0.15) is 39.3 Å². The van der Waals surface area contributed by atoms with E-state index in [1.807, 2.05) is 0 Å². The molecule has 2 aromatic heterocycles. The van der Waals surface area contributed by atoms with Gasteiger partial charge in [-0.3, -0.25) is 14.1 Å². The molecule has 0 aromatic carbocycles. The number of primary amides is 1. The fourth-order valence-corrected chi connectivity index (χ4v) is 1.99. The van der Waals surface area contributed by atoms with Crippen LogP contribution in [0, 0.1) is 27.0 Å². The van der Waals surface area contributed by atoms with E-state index in [1.54, 1.807) is 20.8 Å². The SMILES string of the molecule is [C-]#[N+]c1cc(C(=O)OCC)n(N)c1C.[C-]#[N+]c1cc(C(N)=O)n(N)c1C. The minimum absolute atomic E-state index is 0.151. The van der Waals surface area contributed by atoms with Gasteiger partial charge in [0, 0.05) is 11.4 Å². The standard InChI is InChI=1S/C9H11N3O2.C7H8N4O/c1-4-14-9(13)8-5-7(11-3)6(2)12(8)10;1-4-5(10-2)3-6(7(8)12)11(4)9/h5H,4,10H2,1-2H3;3H,9H2,1H3,(H2,8,12). The molecular formula is C16H19N7O3. The van der Waals surface area contributed by atoms with Crippen molar-refractivity contribution >= 4 is 23.3 Å². The topological polar surface area (TPSA) is 140 Å². The summed E-state index contributed by atoms with van der Waals surface area (Å²) in [4.78, 5) is 28.5. The molecule has 26 heavy (non-hydrogen) atoms. The Kier molecular flexibility index (Phi) is 6.39. The van der Waals surface area contributed by atoms with Gasteiger partial charge in [-0.15, -0.1) is 0 Å². The second-order valence-corrected chi connectivity index (χ2v) is 5.05. The summed E-state index contributed by atoms with van der Waals surface area (Å²) >= 11 is 0. The first kappa shape index (κ1) is 20.1. The van der Waals surface area contributed by atoms with Gasteiger partial charge in [-0.25, -0.2) is 14.5 Å². The van der Waals surface area contributed by atoms with Gasteiger partial charge in [0.05, 0.1) is 19.8 Å². The highest BCUT2D eigenvalue weighted by atomic mass is 16.5. The smallest absolute Gasteiger partial charge is 0.355 e. The van der Waals surface area contributed by atoms with Crippen LogP contribution in [0.2, 0.25) is 0 Å². The van der Waals surface area contributed by atoms with E-state index in [1.165, 1.54) is 16.8 Å². The average Bonchev–Trinajstić information content (AvgIpc) is 3.06. The van der Waals surface area contributed by atoms with E-state index in [0.29, 0.717) is 22.8 Å². The Morgan fingerprint density at radius 3 is 1.77 bits per heavy atom. The van der Waals surface area contributed by atoms with Crippen LogP contribution in [-0.4, -0.2) is 27.8 Å². The largest absolute Gasteiger partial charge is 0.461 e. The fraction of sp³-hybridized carbons (Fsp3) is 0.250. The molecule has 0 saturated carbocycles. The molecular weight excluding hydrogens is 338 g/mol. The van der Waals surface area contributed by atoms with Crippen molar-refractivity contribution in [3.8, 4) is 0 Å². The molecule has 0 saturated heterocycles. The molecule has 136 valence electrons. The van der Waals surface area contributed by atoms with Crippen molar-refractivity contribution < 1.29 is 14.3 Å². The maximum absolute atomic E-state index is 11.3. The molecule has 0 aliphatic heterocycles. The van der Waals surface area contributed by atoms with Crippen molar-refractivity contribution in [2.24, 2.45) is 5.73 Å². The lowest BCUT2D eigenvalue weighted by molar-refractivity contribution is 0.0516. The number of ether oxygens (including phenoxy) is 1. The van der Waals surface area contributed by atoms with E-state index < -0.39 is 11.9 Å². The Morgan fingerprint density at radius 2 is 1.46 bits per heavy atom. The average molecular weight is 357 g/mol. The predicted molar refractivity (Wildman–Crippen MR) is 95.6 cm³/mol. The number of nitrogen functional groups attached to an aromatic ring is 2. The molecule has 0 bridgehead atoms. The second kappa shape index (κ2) is 8.26. The van der Waals surface area contributed by atoms with Crippen molar-refractivity contribution in [2.45, 2.75) is 20.8 Å². The van der Waals surface area contributed by atoms with Gasteiger partial charge in [0.1, 0.15) is 11.4 Å². The Labute approximate surface area is 150 Å². The number of nitrogens with zero attached hydrogens (tertiary/aromatic N) is 4. The van der Waals surface area contributed by atoms with Crippen LogP contribution in [0.5, 0.6) is 0 Å². The number of aromatic nitrogens is 2. The van der Waals surface area contributed by atoms with Crippen LogP contribution < -0.4 is 17.4 Å². The number of rotatable bonds is 3. The highest BCUT2D eigenvalue weighted by Crippen LogP contribution is 2.22. The van der Waals surface area contributed by atoms with Crippen molar-refractivity contribution in [1.29, 1.82) is 0 Å². The number of esters is 1. The Balaban J connectivity index is 0.000000263. The highest BCUT2D eigenvalue weighted by molar-refractivity contribution is 5.93. The van der Waals surface area contributed by atoms with Gasteiger partial charge in [0.25, 0.3) is 5.91 Å². The Morgan fingerprint density at radius 1 is 1.04 bits per heavy atom. The molecule has 10 nitrogen and oxygen atoms in total. The third-order valence-electron chi connectivity index (χ3n) is 3.51. The summed E-state index contributed by atoms with van der Waals surface area (Å²) in [6.07, 6.45) is 0. The molecule has 10 heteroatoms. The van der Waals surface area contributed by atoms with Crippen LogP contribution in [0.15, 0.2) is 12.1 Å². The molecule has 0 aliphatic carbocycles. The fourth-order valence-electron chi connectivity index (χ4n) is 1.99. The van der Waals surface area contributed by atoms with Crippen LogP contribution in [0.4, 0.5) is 11.4 Å². The van der Waals surface area contributed by atoms with Gasteiger partial charge in [-0.1, -0.05) is 0 Å². The zero-order chi connectivity index (χ0) is 20.0. The molecule has 6 N–H and O–H groups in total. The van der Waals surface area contributed by atoms with Gasteiger partial charge in [0.15, 0.2) is 0 Å².